The number of H-pyrrole nitrogens is 1. The Morgan fingerprint density at radius 3 is 2.76 bits per heavy atom. The molecule has 0 aliphatic carbocycles. The van der Waals surface area contributed by atoms with E-state index in [0.717, 1.165) is 11.3 Å². The Morgan fingerprint density at radius 1 is 1.19 bits per heavy atom. The van der Waals surface area contributed by atoms with E-state index in [0.29, 0.717) is 16.9 Å². The lowest BCUT2D eigenvalue weighted by Crippen LogP contribution is -2.24. The third kappa shape index (κ3) is 3.56. The minimum Gasteiger partial charge on any atom is -0.352 e. The van der Waals surface area contributed by atoms with Gasteiger partial charge >= 0.3 is 0 Å². The number of amides is 1. The van der Waals surface area contributed by atoms with Gasteiger partial charge in [0.1, 0.15) is 0 Å². The van der Waals surface area contributed by atoms with Crippen LogP contribution in [0.2, 0.25) is 0 Å². The maximum Gasteiger partial charge on any atom is 0.226 e. The van der Waals surface area contributed by atoms with Crippen LogP contribution in [0.1, 0.15) is 11.3 Å². The van der Waals surface area contributed by atoms with Gasteiger partial charge in [0.2, 0.25) is 5.91 Å². The lowest BCUT2D eigenvalue weighted by atomic mass is 10.1. The third-order valence-electron chi connectivity index (χ3n) is 3.23. The summed E-state index contributed by atoms with van der Waals surface area (Å²) in [5.41, 5.74) is 1.96. The highest BCUT2D eigenvalue weighted by molar-refractivity contribution is 7.73. The van der Waals surface area contributed by atoms with Gasteiger partial charge in [0.05, 0.1) is 6.42 Å². The van der Waals surface area contributed by atoms with E-state index in [2.05, 4.69) is 34.6 Å². The van der Waals surface area contributed by atoms with E-state index >= 15 is 0 Å². The second-order valence-corrected chi connectivity index (χ2v) is 6.35. The first kappa shape index (κ1) is 14.0. The molecule has 0 aliphatic rings. The Labute approximate surface area is 131 Å². The quantitative estimate of drug-likeness (QED) is 0.719. The summed E-state index contributed by atoms with van der Waals surface area (Å²) in [5, 5.41) is 7.21. The fourth-order valence-electron chi connectivity index (χ4n) is 2.19. The van der Waals surface area contributed by atoms with Gasteiger partial charge in [0.25, 0.3) is 0 Å². The maximum absolute atomic E-state index is 11.9. The standard InChI is InChI=1S/C16H14N2OS2/c19-15(8-14-10-21-16(20)18-14)17-9-11-5-6-12-3-1-2-4-13(12)7-11/h1-7,10H,8-9H2,(H,17,19)(H,18,20). The van der Waals surface area contributed by atoms with Crippen LogP contribution in [0.25, 0.3) is 10.8 Å². The summed E-state index contributed by atoms with van der Waals surface area (Å²) >= 11 is 6.44. The van der Waals surface area contributed by atoms with Gasteiger partial charge in [-0.3, -0.25) is 4.79 Å². The number of nitrogens with one attached hydrogen (secondary N) is 2. The van der Waals surface area contributed by atoms with Crippen molar-refractivity contribution in [2.45, 2.75) is 13.0 Å². The number of aromatic amines is 1. The normalized spacial score (nSPS) is 10.7. The molecule has 0 fully saturated rings. The molecular formula is C16H14N2OS2. The molecule has 3 nitrogen and oxygen atoms in total. The molecule has 1 amide bonds. The largest absolute Gasteiger partial charge is 0.352 e. The van der Waals surface area contributed by atoms with Crippen LogP contribution in [0.4, 0.5) is 0 Å². The van der Waals surface area contributed by atoms with Crippen molar-refractivity contribution in [3.63, 3.8) is 0 Å². The average Bonchev–Trinajstić information content (AvgIpc) is 2.90. The van der Waals surface area contributed by atoms with Crippen molar-refractivity contribution in [1.82, 2.24) is 10.3 Å². The molecule has 0 unspecified atom stereocenters. The number of carbonyl (C=O) groups is 1. The number of thiazole rings is 1. The van der Waals surface area contributed by atoms with Gasteiger partial charge in [-0.15, -0.1) is 11.3 Å². The molecule has 0 bridgehead atoms. The fraction of sp³-hybridized carbons (Fsp3) is 0.125. The summed E-state index contributed by atoms with van der Waals surface area (Å²) < 4.78 is 0.701. The van der Waals surface area contributed by atoms with E-state index in [-0.39, 0.29) is 5.91 Å². The van der Waals surface area contributed by atoms with Gasteiger partial charge in [-0.05, 0) is 34.6 Å². The molecule has 5 heteroatoms. The first-order chi connectivity index (χ1) is 10.2. The van der Waals surface area contributed by atoms with E-state index in [4.69, 9.17) is 12.2 Å². The average molecular weight is 314 g/mol. The van der Waals surface area contributed by atoms with Crippen molar-refractivity contribution in [1.29, 1.82) is 0 Å². The smallest absolute Gasteiger partial charge is 0.226 e. The molecule has 106 valence electrons. The maximum atomic E-state index is 11.9. The van der Waals surface area contributed by atoms with Crippen molar-refractivity contribution in [3.05, 3.63) is 63.1 Å². The zero-order valence-corrected chi connectivity index (χ0v) is 12.9. The van der Waals surface area contributed by atoms with E-state index < -0.39 is 0 Å². The number of hydrogen-bond acceptors (Lipinski definition) is 3. The van der Waals surface area contributed by atoms with Gasteiger partial charge in [0.15, 0.2) is 3.95 Å². The first-order valence-electron chi connectivity index (χ1n) is 6.62. The molecule has 1 aromatic heterocycles. The summed E-state index contributed by atoms with van der Waals surface area (Å²) in [6.07, 6.45) is 0.334. The third-order valence-corrected chi connectivity index (χ3v) is 4.33. The molecule has 0 spiro atoms. The van der Waals surface area contributed by atoms with Crippen molar-refractivity contribution >= 4 is 40.2 Å². The SMILES string of the molecule is O=C(Cc1csc(=S)[nH]1)NCc1ccc2ccccc2c1. The highest BCUT2D eigenvalue weighted by Gasteiger charge is 2.05. The van der Waals surface area contributed by atoms with Crippen LogP contribution in [0.3, 0.4) is 0 Å². The van der Waals surface area contributed by atoms with Crippen molar-refractivity contribution in [3.8, 4) is 0 Å². The monoisotopic (exact) mass is 314 g/mol. The number of carbonyl (C=O) groups excluding carboxylic acids is 1. The Balaban J connectivity index is 1.63. The Kier molecular flexibility index (Phi) is 4.13. The predicted octanol–water partition coefficient (Wildman–Crippen LogP) is 3.82. The summed E-state index contributed by atoms with van der Waals surface area (Å²) in [6.45, 7) is 0.536. The van der Waals surface area contributed by atoms with Crippen molar-refractivity contribution < 1.29 is 4.79 Å². The second-order valence-electron chi connectivity index (χ2n) is 4.81. The number of hydrogen-bond donors (Lipinski definition) is 2. The van der Waals surface area contributed by atoms with Gasteiger partial charge < -0.3 is 10.3 Å². The number of aromatic nitrogens is 1. The Bertz CT molecular complexity index is 835. The van der Waals surface area contributed by atoms with E-state index in [1.165, 1.54) is 22.1 Å². The van der Waals surface area contributed by atoms with Crippen LogP contribution in [0.15, 0.2) is 47.8 Å². The van der Waals surface area contributed by atoms with Gasteiger partial charge in [-0.1, -0.05) is 36.4 Å². The Morgan fingerprint density at radius 2 is 2.00 bits per heavy atom. The summed E-state index contributed by atoms with van der Waals surface area (Å²) in [5.74, 6) is -0.00721. The number of rotatable bonds is 4. The zero-order valence-electron chi connectivity index (χ0n) is 11.3. The minimum absolute atomic E-state index is 0.00721. The molecule has 2 aromatic carbocycles. The van der Waals surface area contributed by atoms with Crippen molar-refractivity contribution in [2.75, 3.05) is 0 Å². The molecule has 3 rings (SSSR count). The molecule has 0 radical (unpaired) electrons. The van der Waals surface area contributed by atoms with Crippen LogP contribution < -0.4 is 5.32 Å². The minimum atomic E-state index is -0.00721. The predicted molar refractivity (Wildman–Crippen MR) is 89.0 cm³/mol. The van der Waals surface area contributed by atoms with Crippen LogP contribution in [-0.4, -0.2) is 10.9 Å². The second kappa shape index (κ2) is 6.20. The highest BCUT2D eigenvalue weighted by Crippen LogP contribution is 2.15. The summed E-state index contributed by atoms with van der Waals surface area (Å²) in [6, 6.07) is 14.4. The number of fused-ring (bicyclic) bond motifs is 1. The topological polar surface area (TPSA) is 44.9 Å². The van der Waals surface area contributed by atoms with Crippen LogP contribution >= 0.6 is 23.6 Å². The van der Waals surface area contributed by atoms with E-state index in [9.17, 15) is 4.79 Å². The molecule has 21 heavy (non-hydrogen) atoms. The highest BCUT2D eigenvalue weighted by atomic mass is 32.1. The molecule has 1 heterocycles. The van der Waals surface area contributed by atoms with Crippen LogP contribution in [-0.2, 0) is 17.8 Å². The van der Waals surface area contributed by atoms with E-state index in [1.54, 1.807) is 0 Å². The van der Waals surface area contributed by atoms with Crippen LogP contribution in [0, 0.1) is 3.95 Å². The molecular weight excluding hydrogens is 300 g/mol. The van der Waals surface area contributed by atoms with E-state index in [1.807, 2.05) is 23.6 Å². The lowest BCUT2D eigenvalue weighted by Gasteiger charge is -2.06. The molecule has 3 aromatic rings. The lowest BCUT2D eigenvalue weighted by molar-refractivity contribution is -0.120. The van der Waals surface area contributed by atoms with Gasteiger partial charge in [0, 0.05) is 17.6 Å². The van der Waals surface area contributed by atoms with Crippen molar-refractivity contribution in [2.24, 2.45) is 0 Å². The fourth-order valence-corrected chi connectivity index (χ4v) is 3.04. The molecule has 0 aliphatic heterocycles. The molecule has 0 saturated carbocycles. The molecule has 0 atom stereocenters. The van der Waals surface area contributed by atoms with Gasteiger partial charge in [-0.2, -0.15) is 0 Å². The Hall–Kier alpha value is -1.98. The first-order valence-corrected chi connectivity index (χ1v) is 7.90. The van der Waals surface area contributed by atoms with Gasteiger partial charge in [-0.25, -0.2) is 0 Å². The molecule has 0 saturated heterocycles. The van der Waals surface area contributed by atoms with Crippen LogP contribution in [0.5, 0.6) is 0 Å². The summed E-state index contributed by atoms with van der Waals surface area (Å²) in [7, 11) is 0. The summed E-state index contributed by atoms with van der Waals surface area (Å²) in [4.78, 5) is 14.9. The number of benzene rings is 2. The molecule has 2 N–H and O–H groups in total. The zero-order chi connectivity index (χ0) is 14.7.